The maximum Gasteiger partial charge on any atom is 0.219 e. The first-order valence-corrected chi connectivity index (χ1v) is 9.66. The molecule has 0 radical (unpaired) electrons. The molecule has 6 nitrogen and oxygen atoms in total. The van der Waals surface area contributed by atoms with Crippen molar-refractivity contribution in [2.45, 2.75) is 31.6 Å². The Morgan fingerprint density at radius 2 is 1.66 bits per heavy atom. The summed E-state index contributed by atoms with van der Waals surface area (Å²) >= 11 is 0. The Kier molecular flexibility index (Phi) is 4.84. The van der Waals surface area contributed by atoms with Crippen molar-refractivity contribution < 1.29 is 0 Å². The van der Waals surface area contributed by atoms with E-state index >= 15 is 0 Å². The SMILES string of the molecule is Cc1ccc(C(=N)/C=C(\N)C2(c3ccc(-c4cnc(N)nc4)cc3)CCC2)cn1. The fourth-order valence-electron chi connectivity index (χ4n) is 3.75. The average Bonchev–Trinajstić information content (AvgIpc) is 2.69. The predicted octanol–water partition coefficient (Wildman–Crippen LogP) is 3.76. The molecule has 0 atom stereocenters. The van der Waals surface area contributed by atoms with Gasteiger partial charge in [-0.2, -0.15) is 0 Å². The van der Waals surface area contributed by atoms with E-state index in [1.807, 2.05) is 19.1 Å². The number of hydrogen-bond donors (Lipinski definition) is 3. The van der Waals surface area contributed by atoms with E-state index in [0.29, 0.717) is 5.71 Å². The number of nitrogens with zero attached hydrogens (tertiary/aromatic N) is 3. The summed E-state index contributed by atoms with van der Waals surface area (Å²) in [5.41, 5.74) is 17.9. The van der Waals surface area contributed by atoms with Gasteiger partial charge in [0, 0.05) is 46.5 Å². The molecule has 0 bridgehead atoms. The van der Waals surface area contributed by atoms with Crippen LogP contribution in [0.15, 0.2) is 66.8 Å². The van der Waals surface area contributed by atoms with Crippen LogP contribution >= 0.6 is 0 Å². The van der Waals surface area contributed by atoms with Crippen molar-refractivity contribution in [3.63, 3.8) is 0 Å². The van der Waals surface area contributed by atoms with E-state index in [9.17, 15) is 0 Å². The van der Waals surface area contributed by atoms with Crippen molar-refractivity contribution in [1.29, 1.82) is 5.41 Å². The fourth-order valence-corrected chi connectivity index (χ4v) is 3.75. The van der Waals surface area contributed by atoms with Crippen LogP contribution in [0.25, 0.3) is 11.1 Å². The molecule has 2 heterocycles. The minimum absolute atomic E-state index is 0.208. The number of aryl methyl sites for hydroxylation is 1. The van der Waals surface area contributed by atoms with Gasteiger partial charge in [-0.15, -0.1) is 0 Å². The predicted molar refractivity (Wildman–Crippen MR) is 115 cm³/mol. The molecule has 0 aliphatic heterocycles. The van der Waals surface area contributed by atoms with Crippen molar-refractivity contribution in [3.05, 3.63) is 83.6 Å². The quantitative estimate of drug-likeness (QED) is 0.579. The minimum atomic E-state index is -0.208. The summed E-state index contributed by atoms with van der Waals surface area (Å²) in [6.45, 7) is 1.93. The van der Waals surface area contributed by atoms with Crippen LogP contribution in [0.2, 0.25) is 0 Å². The van der Waals surface area contributed by atoms with Gasteiger partial charge in [-0.05, 0) is 49.1 Å². The molecule has 3 aromatic rings. The maximum absolute atomic E-state index is 8.42. The van der Waals surface area contributed by atoms with Crippen molar-refractivity contribution >= 4 is 11.7 Å². The van der Waals surface area contributed by atoms with Crippen molar-refractivity contribution in [2.24, 2.45) is 5.73 Å². The van der Waals surface area contributed by atoms with Gasteiger partial charge in [0.15, 0.2) is 0 Å². The van der Waals surface area contributed by atoms with Crippen molar-refractivity contribution in [3.8, 4) is 11.1 Å². The second-order valence-corrected chi connectivity index (χ2v) is 7.54. The molecule has 2 aromatic heterocycles. The van der Waals surface area contributed by atoms with E-state index < -0.39 is 0 Å². The Hall–Kier alpha value is -3.54. The summed E-state index contributed by atoms with van der Waals surface area (Å²) in [4.78, 5) is 12.4. The third-order valence-corrected chi connectivity index (χ3v) is 5.72. The van der Waals surface area contributed by atoms with Crippen LogP contribution < -0.4 is 11.5 Å². The van der Waals surface area contributed by atoms with Gasteiger partial charge in [0.1, 0.15) is 0 Å². The number of pyridine rings is 1. The average molecular weight is 384 g/mol. The van der Waals surface area contributed by atoms with Crippen LogP contribution in [0.4, 0.5) is 5.95 Å². The van der Waals surface area contributed by atoms with Crippen LogP contribution in [-0.4, -0.2) is 20.7 Å². The van der Waals surface area contributed by atoms with E-state index in [1.54, 1.807) is 24.7 Å². The maximum atomic E-state index is 8.42. The number of benzene rings is 1. The fraction of sp³-hybridized carbons (Fsp3) is 0.217. The normalized spacial score (nSPS) is 15.6. The van der Waals surface area contributed by atoms with E-state index in [1.165, 1.54) is 5.56 Å². The van der Waals surface area contributed by atoms with Crippen LogP contribution in [0.3, 0.4) is 0 Å². The molecule has 4 rings (SSSR count). The van der Waals surface area contributed by atoms with Gasteiger partial charge < -0.3 is 16.9 Å². The Morgan fingerprint density at radius 3 is 2.21 bits per heavy atom. The number of nitrogens with two attached hydrogens (primary N) is 2. The lowest BCUT2D eigenvalue weighted by atomic mass is 9.62. The largest absolute Gasteiger partial charge is 0.401 e. The number of hydrogen-bond acceptors (Lipinski definition) is 6. The molecule has 5 N–H and O–H groups in total. The third-order valence-electron chi connectivity index (χ3n) is 5.72. The molecule has 1 aromatic carbocycles. The van der Waals surface area contributed by atoms with Gasteiger partial charge in [0.2, 0.25) is 5.95 Å². The smallest absolute Gasteiger partial charge is 0.219 e. The highest BCUT2D eigenvalue weighted by atomic mass is 15.0. The summed E-state index contributed by atoms with van der Waals surface area (Å²) in [7, 11) is 0. The van der Waals surface area contributed by atoms with Crippen LogP contribution in [0.1, 0.15) is 36.1 Å². The minimum Gasteiger partial charge on any atom is -0.401 e. The lowest BCUT2D eigenvalue weighted by Gasteiger charge is -2.43. The standard InChI is InChI=1S/C23H24N6/c1-15-3-4-17(12-27-15)20(24)11-21(25)23(9-2-10-23)19-7-5-16(6-8-19)18-13-28-22(26)29-14-18/h3-8,11-14,24H,2,9-10,25H2,1H3,(H2,26,28,29)/b21-11-,24-20?. The molecule has 29 heavy (non-hydrogen) atoms. The van der Waals surface area contributed by atoms with Crippen LogP contribution in [0.5, 0.6) is 0 Å². The number of nitrogens with one attached hydrogen (secondary N) is 1. The van der Waals surface area contributed by atoms with Gasteiger partial charge in [-0.1, -0.05) is 30.7 Å². The molecule has 146 valence electrons. The zero-order chi connectivity index (χ0) is 20.4. The van der Waals surface area contributed by atoms with E-state index in [2.05, 4.69) is 39.2 Å². The number of anilines is 1. The number of nitrogen functional groups attached to an aromatic ring is 1. The lowest BCUT2D eigenvalue weighted by molar-refractivity contribution is 0.292. The highest BCUT2D eigenvalue weighted by Crippen LogP contribution is 2.47. The summed E-state index contributed by atoms with van der Waals surface area (Å²) in [6.07, 6.45) is 10.1. The Morgan fingerprint density at radius 1 is 0.966 bits per heavy atom. The molecule has 1 saturated carbocycles. The second kappa shape index (κ2) is 7.47. The topological polar surface area (TPSA) is 115 Å². The molecular weight excluding hydrogens is 360 g/mol. The zero-order valence-corrected chi connectivity index (χ0v) is 16.4. The van der Waals surface area contributed by atoms with E-state index in [4.69, 9.17) is 16.9 Å². The van der Waals surface area contributed by atoms with Gasteiger partial charge in [-0.3, -0.25) is 4.98 Å². The second-order valence-electron chi connectivity index (χ2n) is 7.54. The van der Waals surface area contributed by atoms with Gasteiger partial charge in [-0.25, -0.2) is 9.97 Å². The molecule has 0 amide bonds. The summed E-state index contributed by atoms with van der Waals surface area (Å²) in [5, 5.41) is 8.42. The number of allylic oxidation sites excluding steroid dienone is 2. The molecule has 1 fully saturated rings. The number of rotatable bonds is 5. The van der Waals surface area contributed by atoms with Crippen LogP contribution in [-0.2, 0) is 5.41 Å². The molecule has 0 unspecified atom stereocenters. The summed E-state index contributed by atoms with van der Waals surface area (Å²) in [6, 6.07) is 12.2. The first-order valence-electron chi connectivity index (χ1n) is 9.66. The van der Waals surface area contributed by atoms with Crippen LogP contribution in [0, 0.1) is 12.3 Å². The highest BCUT2D eigenvalue weighted by Gasteiger charge is 2.41. The molecule has 1 aliphatic rings. The Balaban J connectivity index is 1.60. The van der Waals surface area contributed by atoms with E-state index in [-0.39, 0.29) is 11.4 Å². The summed E-state index contributed by atoms with van der Waals surface area (Å²) < 4.78 is 0. The Bertz CT molecular complexity index is 1050. The third kappa shape index (κ3) is 3.61. The first-order chi connectivity index (χ1) is 14.0. The zero-order valence-electron chi connectivity index (χ0n) is 16.4. The number of aromatic nitrogens is 3. The van der Waals surface area contributed by atoms with E-state index in [0.717, 1.165) is 47.3 Å². The molecule has 1 aliphatic carbocycles. The monoisotopic (exact) mass is 384 g/mol. The van der Waals surface area contributed by atoms with Gasteiger partial charge >= 0.3 is 0 Å². The summed E-state index contributed by atoms with van der Waals surface area (Å²) in [5.74, 6) is 0.267. The molecule has 0 spiro atoms. The van der Waals surface area contributed by atoms with Crippen molar-refractivity contribution in [1.82, 2.24) is 15.0 Å². The first kappa shape index (κ1) is 18.8. The molecular formula is C23H24N6. The van der Waals surface area contributed by atoms with Gasteiger partial charge in [0.25, 0.3) is 0 Å². The molecule has 0 saturated heterocycles. The Labute approximate surface area is 170 Å². The van der Waals surface area contributed by atoms with Crippen molar-refractivity contribution in [2.75, 3.05) is 5.73 Å². The molecule has 6 heteroatoms. The van der Waals surface area contributed by atoms with Gasteiger partial charge in [0.05, 0.1) is 5.71 Å². The lowest BCUT2D eigenvalue weighted by Crippen LogP contribution is -2.40. The highest BCUT2D eigenvalue weighted by molar-refractivity contribution is 6.06.